The van der Waals surface area contributed by atoms with Crippen LogP contribution in [0.5, 0.6) is 5.75 Å². The summed E-state index contributed by atoms with van der Waals surface area (Å²) in [5, 5.41) is 0. The van der Waals surface area contributed by atoms with Gasteiger partial charge in [-0.05, 0) is 25.5 Å². The van der Waals surface area contributed by atoms with Gasteiger partial charge < -0.3 is 4.74 Å². The Hall–Kier alpha value is -0.710. The van der Waals surface area contributed by atoms with Gasteiger partial charge >= 0.3 is 6.36 Å². The van der Waals surface area contributed by atoms with Crippen LogP contribution in [0.2, 0.25) is 0 Å². The SMILES string of the molecule is Cc1ccc(OC(F)(F)F)c(C)c1Br. The summed E-state index contributed by atoms with van der Waals surface area (Å²) in [4.78, 5) is 0. The van der Waals surface area contributed by atoms with E-state index in [2.05, 4.69) is 20.7 Å². The molecule has 0 atom stereocenters. The fourth-order valence-electron chi connectivity index (χ4n) is 1.04. The maximum Gasteiger partial charge on any atom is 0.573 e. The smallest absolute Gasteiger partial charge is 0.405 e. The van der Waals surface area contributed by atoms with Crippen LogP contribution in [0.3, 0.4) is 0 Å². The van der Waals surface area contributed by atoms with Gasteiger partial charge in [-0.1, -0.05) is 22.0 Å². The summed E-state index contributed by atoms with van der Waals surface area (Å²) < 4.78 is 40.2. The molecular weight excluding hydrogens is 261 g/mol. The van der Waals surface area contributed by atoms with E-state index in [0.29, 0.717) is 10.0 Å². The van der Waals surface area contributed by atoms with Crippen LogP contribution in [-0.4, -0.2) is 6.36 Å². The third-order valence-corrected chi connectivity index (χ3v) is 2.98. The van der Waals surface area contributed by atoms with E-state index < -0.39 is 6.36 Å². The van der Waals surface area contributed by atoms with Crippen molar-refractivity contribution in [1.29, 1.82) is 0 Å². The van der Waals surface area contributed by atoms with Gasteiger partial charge in [0.05, 0.1) is 0 Å². The van der Waals surface area contributed by atoms with Crippen LogP contribution >= 0.6 is 15.9 Å². The lowest BCUT2D eigenvalue weighted by Gasteiger charge is -2.13. The van der Waals surface area contributed by atoms with Crippen LogP contribution in [0.15, 0.2) is 16.6 Å². The van der Waals surface area contributed by atoms with Crippen molar-refractivity contribution >= 4 is 15.9 Å². The molecule has 5 heteroatoms. The zero-order valence-corrected chi connectivity index (χ0v) is 9.16. The van der Waals surface area contributed by atoms with Crippen molar-refractivity contribution in [1.82, 2.24) is 0 Å². The highest BCUT2D eigenvalue weighted by atomic mass is 79.9. The van der Waals surface area contributed by atoms with Crippen LogP contribution in [-0.2, 0) is 0 Å². The monoisotopic (exact) mass is 268 g/mol. The zero-order chi connectivity index (χ0) is 10.9. The Balaban J connectivity index is 3.06. The average molecular weight is 269 g/mol. The molecule has 0 unspecified atom stereocenters. The predicted molar refractivity (Wildman–Crippen MR) is 50.3 cm³/mol. The van der Waals surface area contributed by atoms with E-state index in [1.807, 2.05) is 0 Å². The lowest BCUT2D eigenvalue weighted by molar-refractivity contribution is -0.274. The van der Waals surface area contributed by atoms with Crippen LogP contribution < -0.4 is 4.74 Å². The zero-order valence-electron chi connectivity index (χ0n) is 7.57. The van der Waals surface area contributed by atoms with Crippen molar-refractivity contribution in [3.8, 4) is 5.75 Å². The van der Waals surface area contributed by atoms with E-state index in [-0.39, 0.29) is 5.75 Å². The van der Waals surface area contributed by atoms with Crippen LogP contribution in [0.25, 0.3) is 0 Å². The molecule has 0 bridgehead atoms. The van der Waals surface area contributed by atoms with E-state index in [0.717, 1.165) is 5.56 Å². The summed E-state index contributed by atoms with van der Waals surface area (Å²) in [5.41, 5.74) is 1.32. The summed E-state index contributed by atoms with van der Waals surface area (Å²) >= 11 is 3.19. The highest BCUT2D eigenvalue weighted by Crippen LogP contribution is 2.32. The van der Waals surface area contributed by atoms with Crippen molar-refractivity contribution in [3.63, 3.8) is 0 Å². The highest BCUT2D eigenvalue weighted by Gasteiger charge is 2.31. The summed E-state index contributed by atoms with van der Waals surface area (Å²) in [7, 11) is 0. The van der Waals surface area contributed by atoms with Gasteiger partial charge in [0.25, 0.3) is 0 Å². The minimum Gasteiger partial charge on any atom is -0.405 e. The van der Waals surface area contributed by atoms with Crippen molar-refractivity contribution in [2.45, 2.75) is 20.2 Å². The average Bonchev–Trinajstić information content (AvgIpc) is 2.04. The van der Waals surface area contributed by atoms with E-state index in [4.69, 9.17) is 0 Å². The molecule has 1 aromatic rings. The first kappa shape index (κ1) is 11.4. The topological polar surface area (TPSA) is 9.23 Å². The lowest BCUT2D eigenvalue weighted by atomic mass is 10.1. The fraction of sp³-hybridized carbons (Fsp3) is 0.333. The third-order valence-electron chi connectivity index (χ3n) is 1.76. The first-order chi connectivity index (χ1) is 6.31. The number of hydrogen-bond donors (Lipinski definition) is 0. The summed E-state index contributed by atoms with van der Waals surface area (Å²) in [5.74, 6) is -0.171. The maximum atomic E-state index is 11.9. The Morgan fingerprint density at radius 2 is 1.79 bits per heavy atom. The van der Waals surface area contributed by atoms with Crippen LogP contribution in [0.1, 0.15) is 11.1 Å². The summed E-state index contributed by atoms with van der Waals surface area (Å²) in [6.45, 7) is 3.37. The van der Waals surface area contributed by atoms with E-state index in [1.54, 1.807) is 19.9 Å². The quantitative estimate of drug-likeness (QED) is 0.749. The number of aryl methyl sites for hydroxylation is 1. The second kappa shape index (κ2) is 3.81. The molecule has 0 spiro atoms. The van der Waals surface area contributed by atoms with Crippen LogP contribution in [0, 0.1) is 13.8 Å². The molecule has 1 rings (SSSR count). The number of benzene rings is 1. The highest BCUT2D eigenvalue weighted by molar-refractivity contribution is 9.10. The molecule has 14 heavy (non-hydrogen) atoms. The van der Waals surface area contributed by atoms with Gasteiger partial charge in [-0.2, -0.15) is 0 Å². The molecule has 0 heterocycles. The summed E-state index contributed by atoms with van der Waals surface area (Å²) in [6, 6.07) is 2.88. The molecule has 0 saturated carbocycles. The normalized spacial score (nSPS) is 11.6. The molecular formula is C9H8BrF3O. The van der Waals surface area contributed by atoms with Gasteiger partial charge in [-0.3, -0.25) is 0 Å². The van der Waals surface area contributed by atoms with E-state index in [1.165, 1.54) is 6.07 Å². The predicted octanol–water partition coefficient (Wildman–Crippen LogP) is 3.96. The number of halogens is 4. The molecule has 0 saturated heterocycles. The van der Waals surface area contributed by atoms with Gasteiger partial charge in [0.15, 0.2) is 0 Å². The minimum absolute atomic E-state index is 0.171. The second-order valence-electron chi connectivity index (χ2n) is 2.87. The van der Waals surface area contributed by atoms with E-state index >= 15 is 0 Å². The Morgan fingerprint density at radius 1 is 1.21 bits per heavy atom. The van der Waals surface area contributed by atoms with Crippen molar-refractivity contribution in [2.75, 3.05) is 0 Å². The van der Waals surface area contributed by atoms with E-state index in [9.17, 15) is 13.2 Å². The van der Waals surface area contributed by atoms with Crippen molar-refractivity contribution in [3.05, 3.63) is 27.7 Å². The first-order valence-electron chi connectivity index (χ1n) is 3.82. The molecule has 1 aromatic carbocycles. The largest absolute Gasteiger partial charge is 0.573 e. The number of hydrogen-bond acceptors (Lipinski definition) is 1. The molecule has 0 aliphatic rings. The minimum atomic E-state index is -4.64. The molecule has 0 fully saturated rings. The standard InChI is InChI=1S/C9H8BrF3O/c1-5-3-4-7(6(2)8(5)10)14-9(11,12)13/h3-4H,1-2H3. The Bertz CT molecular complexity index is 347. The molecule has 0 aliphatic heterocycles. The van der Waals surface area contributed by atoms with Gasteiger partial charge in [-0.25, -0.2) is 0 Å². The molecule has 0 N–H and O–H groups in total. The molecule has 0 radical (unpaired) electrons. The number of alkyl halides is 3. The van der Waals surface area contributed by atoms with Crippen molar-refractivity contribution < 1.29 is 17.9 Å². The Morgan fingerprint density at radius 3 is 2.29 bits per heavy atom. The molecule has 0 amide bonds. The summed E-state index contributed by atoms with van der Waals surface area (Å²) in [6.07, 6.45) is -4.64. The van der Waals surface area contributed by atoms with Gasteiger partial charge in [0.2, 0.25) is 0 Å². The maximum absolute atomic E-state index is 11.9. The lowest BCUT2D eigenvalue weighted by Crippen LogP contribution is -2.17. The number of ether oxygens (including phenoxy) is 1. The molecule has 1 nitrogen and oxygen atoms in total. The van der Waals surface area contributed by atoms with Gasteiger partial charge in [-0.15, -0.1) is 13.2 Å². The Kier molecular flexibility index (Phi) is 3.09. The third kappa shape index (κ3) is 2.64. The molecule has 0 aliphatic carbocycles. The molecule has 78 valence electrons. The van der Waals surface area contributed by atoms with Crippen LogP contribution in [0.4, 0.5) is 13.2 Å². The second-order valence-corrected chi connectivity index (χ2v) is 3.66. The first-order valence-corrected chi connectivity index (χ1v) is 4.62. The van der Waals surface area contributed by atoms with Crippen molar-refractivity contribution in [2.24, 2.45) is 0 Å². The Labute approximate surface area is 88.0 Å². The van der Waals surface area contributed by atoms with Gasteiger partial charge in [0.1, 0.15) is 5.75 Å². The fourth-order valence-corrected chi connectivity index (χ4v) is 1.37. The molecule has 0 aromatic heterocycles. The number of rotatable bonds is 1. The van der Waals surface area contributed by atoms with Gasteiger partial charge in [0, 0.05) is 10.0 Å².